The molecule has 0 bridgehead atoms. The molecule has 22 heavy (non-hydrogen) atoms. The van der Waals surface area contributed by atoms with Gasteiger partial charge in [0.25, 0.3) is 0 Å². The molecule has 118 valence electrons. The summed E-state index contributed by atoms with van der Waals surface area (Å²) in [6.45, 7) is 10.7. The van der Waals surface area contributed by atoms with Crippen molar-refractivity contribution in [2.75, 3.05) is 11.5 Å². The second-order valence-corrected chi connectivity index (χ2v) is 7.34. The third-order valence-corrected chi connectivity index (χ3v) is 3.75. The van der Waals surface area contributed by atoms with Gasteiger partial charge in [-0.3, -0.25) is 4.98 Å². The average Bonchev–Trinajstić information content (AvgIpc) is 2.40. The van der Waals surface area contributed by atoms with Crippen molar-refractivity contribution in [2.24, 2.45) is 0 Å². The summed E-state index contributed by atoms with van der Waals surface area (Å²) in [7, 11) is 0. The smallest absolute Gasteiger partial charge is 0.220 e. The Bertz CT molecular complexity index is 671. The monoisotopic (exact) mass is 299 g/mol. The largest absolute Gasteiger partial charge is 0.397 e. The van der Waals surface area contributed by atoms with Crippen molar-refractivity contribution in [1.29, 1.82) is 0 Å². The molecule has 0 aromatic carbocycles. The lowest BCUT2D eigenvalue weighted by atomic mass is 9.83. The molecule has 2 heterocycles. The quantitative estimate of drug-likeness (QED) is 0.909. The molecule has 0 aliphatic heterocycles. The first kappa shape index (κ1) is 16.2. The van der Waals surface area contributed by atoms with Crippen molar-refractivity contribution < 1.29 is 0 Å². The summed E-state index contributed by atoms with van der Waals surface area (Å²) in [5.74, 6) is 0.287. The summed E-state index contributed by atoms with van der Waals surface area (Å²) in [5, 5.41) is 0. The van der Waals surface area contributed by atoms with Crippen LogP contribution in [0.4, 0.5) is 11.6 Å². The van der Waals surface area contributed by atoms with E-state index in [4.69, 9.17) is 16.5 Å². The predicted molar refractivity (Wildman–Crippen MR) is 90.5 cm³/mol. The van der Waals surface area contributed by atoms with Gasteiger partial charge in [-0.05, 0) is 18.2 Å². The van der Waals surface area contributed by atoms with Crippen LogP contribution in [0.5, 0.6) is 0 Å². The van der Waals surface area contributed by atoms with Crippen molar-refractivity contribution in [3.8, 4) is 0 Å². The number of anilines is 2. The zero-order chi connectivity index (χ0) is 16.5. The lowest BCUT2D eigenvalue weighted by molar-refractivity contribution is 0.493. The van der Waals surface area contributed by atoms with Crippen molar-refractivity contribution >= 4 is 11.6 Å². The number of nitrogens with zero attached hydrogens (tertiary/aromatic N) is 3. The zero-order valence-corrected chi connectivity index (χ0v) is 14.0. The first-order chi connectivity index (χ1) is 10.1. The van der Waals surface area contributed by atoms with E-state index in [2.05, 4.69) is 44.6 Å². The van der Waals surface area contributed by atoms with E-state index in [1.165, 1.54) is 0 Å². The highest BCUT2D eigenvalue weighted by molar-refractivity contribution is 5.45. The van der Waals surface area contributed by atoms with Crippen LogP contribution in [0.25, 0.3) is 0 Å². The molecule has 2 aromatic rings. The first-order valence-corrected chi connectivity index (χ1v) is 7.44. The van der Waals surface area contributed by atoms with Gasteiger partial charge in [0, 0.05) is 29.1 Å². The average molecular weight is 299 g/mol. The number of nitrogen functional groups attached to an aromatic ring is 2. The van der Waals surface area contributed by atoms with E-state index in [0.717, 1.165) is 17.1 Å². The van der Waals surface area contributed by atoms with Crippen molar-refractivity contribution in [2.45, 2.75) is 51.9 Å². The number of nitrogens with two attached hydrogens (primary N) is 2. The van der Waals surface area contributed by atoms with Crippen LogP contribution in [-0.4, -0.2) is 15.0 Å². The van der Waals surface area contributed by atoms with Crippen LogP contribution >= 0.6 is 0 Å². The highest BCUT2D eigenvalue weighted by Gasteiger charge is 2.26. The topological polar surface area (TPSA) is 90.7 Å². The highest BCUT2D eigenvalue weighted by atomic mass is 15.0. The molecule has 0 aliphatic rings. The number of pyridine rings is 1. The molecular formula is C17H25N5. The molecule has 5 nitrogen and oxygen atoms in total. The van der Waals surface area contributed by atoms with Crippen LogP contribution in [0.2, 0.25) is 0 Å². The molecule has 0 radical (unpaired) electrons. The van der Waals surface area contributed by atoms with E-state index in [1.54, 1.807) is 6.20 Å². The molecule has 0 saturated carbocycles. The van der Waals surface area contributed by atoms with E-state index in [-0.39, 0.29) is 16.8 Å². The Hall–Kier alpha value is -2.17. The van der Waals surface area contributed by atoms with E-state index >= 15 is 0 Å². The van der Waals surface area contributed by atoms with Gasteiger partial charge < -0.3 is 11.5 Å². The van der Waals surface area contributed by atoms with Gasteiger partial charge in [0.05, 0.1) is 17.1 Å². The molecule has 0 fully saturated rings. The van der Waals surface area contributed by atoms with Gasteiger partial charge in [0.2, 0.25) is 5.95 Å². The maximum absolute atomic E-state index is 6.13. The zero-order valence-electron chi connectivity index (χ0n) is 14.0. The van der Waals surface area contributed by atoms with Crippen LogP contribution in [0.1, 0.15) is 51.7 Å². The number of hydrogen-bond acceptors (Lipinski definition) is 5. The summed E-state index contributed by atoms with van der Waals surface area (Å²) in [6.07, 6.45) is 2.38. The fraction of sp³-hybridized carbons (Fsp3) is 0.471. The molecule has 0 aliphatic carbocycles. The second kappa shape index (κ2) is 5.55. The minimum absolute atomic E-state index is 0.00800. The van der Waals surface area contributed by atoms with E-state index < -0.39 is 0 Å². The minimum atomic E-state index is -0.227. The van der Waals surface area contributed by atoms with Crippen LogP contribution in [0.15, 0.2) is 24.4 Å². The van der Waals surface area contributed by atoms with Crippen molar-refractivity contribution in [3.63, 3.8) is 0 Å². The maximum atomic E-state index is 6.13. The number of hydrogen-bond donors (Lipinski definition) is 2. The SMILES string of the molecule is CC(C)(C)c1ccc(N)c(CC(C)(C)c2ccnc(N)n2)n1. The van der Waals surface area contributed by atoms with Crippen LogP contribution in [0, 0.1) is 0 Å². The molecule has 2 aromatic heterocycles. The van der Waals surface area contributed by atoms with E-state index in [0.29, 0.717) is 12.1 Å². The van der Waals surface area contributed by atoms with Gasteiger partial charge in [-0.25, -0.2) is 9.97 Å². The molecule has 0 amide bonds. The fourth-order valence-electron chi connectivity index (χ4n) is 2.33. The summed E-state index contributed by atoms with van der Waals surface area (Å²) in [4.78, 5) is 13.1. The summed E-state index contributed by atoms with van der Waals surface area (Å²) in [6, 6.07) is 5.82. The molecule has 0 saturated heterocycles. The van der Waals surface area contributed by atoms with Gasteiger partial charge >= 0.3 is 0 Å². The predicted octanol–water partition coefficient (Wildman–Crippen LogP) is 2.85. The van der Waals surface area contributed by atoms with Gasteiger partial charge in [0.15, 0.2) is 0 Å². The van der Waals surface area contributed by atoms with Crippen LogP contribution < -0.4 is 11.5 Å². The molecule has 0 spiro atoms. The molecule has 2 rings (SSSR count). The standard InChI is InChI=1S/C17H25N5/c1-16(2,3)13-7-6-11(18)12(21-13)10-17(4,5)14-8-9-20-15(19)22-14/h6-9H,10,18H2,1-5H3,(H2,19,20,22). The minimum Gasteiger partial charge on any atom is -0.397 e. The summed E-state index contributed by atoms with van der Waals surface area (Å²) >= 11 is 0. The van der Waals surface area contributed by atoms with Crippen LogP contribution in [0.3, 0.4) is 0 Å². The molecule has 5 heteroatoms. The van der Waals surface area contributed by atoms with Gasteiger partial charge in [-0.1, -0.05) is 34.6 Å². The number of rotatable bonds is 3. The Morgan fingerprint density at radius 2 is 1.59 bits per heavy atom. The first-order valence-electron chi connectivity index (χ1n) is 7.44. The van der Waals surface area contributed by atoms with Gasteiger partial charge in [-0.2, -0.15) is 0 Å². The van der Waals surface area contributed by atoms with Gasteiger partial charge in [0.1, 0.15) is 0 Å². The lowest BCUT2D eigenvalue weighted by Gasteiger charge is -2.26. The third-order valence-electron chi connectivity index (χ3n) is 3.75. The fourth-order valence-corrected chi connectivity index (χ4v) is 2.33. The van der Waals surface area contributed by atoms with Gasteiger partial charge in [-0.15, -0.1) is 0 Å². The highest BCUT2D eigenvalue weighted by Crippen LogP contribution is 2.29. The van der Waals surface area contributed by atoms with Crippen molar-refractivity contribution in [1.82, 2.24) is 15.0 Å². The Morgan fingerprint density at radius 1 is 0.909 bits per heavy atom. The Morgan fingerprint density at radius 3 is 2.18 bits per heavy atom. The van der Waals surface area contributed by atoms with Crippen molar-refractivity contribution in [3.05, 3.63) is 41.5 Å². The molecule has 0 atom stereocenters. The third kappa shape index (κ3) is 3.53. The molecular weight excluding hydrogens is 274 g/mol. The molecule has 4 N–H and O–H groups in total. The summed E-state index contributed by atoms with van der Waals surface area (Å²) < 4.78 is 0. The van der Waals surface area contributed by atoms with Crippen LogP contribution in [-0.2, 0) is 17.3 Å². The lowest BCUT2D eigenvalue weighted by Crippen LogP contribution is -2.25. The maximum Gasteiger partial charge on any atom is 0.220 e. The summed E-state index contributed by atoms with van der Waals surface area (Å²) in [5.41, 5.74) is 15.1. The van der Waals surface area contributed by atoms with E-state index in [9.17, 15) is 0 Å². The molecule has 0 unspecified atom stereocenters. The Labute approximate surface area is 132 Å². The Kier molecular flexibility index (Phi) is 4.09. The second-order valence-electron chi connectivity index (χ2n) is 7.34. The van der Waals surface area contributed by atoms with E-state index in [1.807, 2.05) is 18.2 Å². The Balaban J connectivity index is 2.37. The normalized spacial score (nSPS) is 12.4. The number of aromatic nitrogens is 3.